The van der Waals surface area contributed by atoms with Crippen LogP contribution in [-0.2, 0) is 0 Å². The van der Waals surface area contributed by atoms with Crippen molar-refractivity contribution in [1.29, 1.82) is 0 Å². The molecule has 0 spiro atoms. The fourth-order valence-corrected chi connectivity index (χ4v) is 3.41. The van der Waals surface area contributed by atoms with Gasteiger partial charge >= 0.3 is 0 Å². The van der Waals surface area contributed by atoms with E-state index < -0.39 is 0 Å². The molecule has 4 nitrogen and oxygen atoms in total. The first-order valence-electron chi connectivity index (χ1n) is 7.90. The second kappa shape index (κ2) is 6.20. The highest BCUT2D eigenvalue weighted by molar-refractivity contribution is 5.20. The lowest BCUT2D eigenvalue weighted by Crippen LogP contribution is -2.64. The van der Waals surface area contributed by atoms with Crippen LogP contribution in [0.2, 0.25) is 0 Å². The number of piperazine rings is 3. The normalized spacial score (nSPS) is 30.4. The maximum atomic E-state index is 4.49. The molecule has 0 aliphatic carbocycles. The van der Waals surface area contributed by atoms with Gasteiger partial charge in [0.1, 0.15) is 0 Å². The number of rotatable bonds is 5. The predicted molar refractivity (Wildman–Crippen MR) is 81.8 cm³/mol. The molecule has 3 aliphatic rings. The number of aryl methyl sites for hydroxylation is 1. The third-order valence-corrected chi connectivity index (χ3v) is 4.61. The Morgan fingerprint density at radius 1 is 1.30 bits per heavy atom. The van der Waals surface area contributed by atoms with E-state index in [1.54, 1.807) is 0 Å². The maximum Gasteiger partial charge on any atom is 0.0506 e. The van der Waals surface area contributed by atoms with Crippen molar-refractivity contribution in [3.63, 3.8) is 0 Å². The van der Waals surface area contributed by atoms with Crippen LogP contribution in [0.4, 0.5) is 0 Å². The molecule has 1 N–H and O–H groups in total. The quantitative estimate of drug-likeness (QED) is 0.880. The van der Waals surface area contributed by atoms with Crippen LogP contribution in [0.25, 0.3) is 0 Å². The molecular formula is C16H26N4. The van der Waals surface area contributed by atoms with Gasteiger partial charge in [0.05, 0.1) is 6.04 Å². The van der Waals surface area contributed by atoms with Gasteiger partial charge in [-0.25, -0.2) is 0 Å². The van der Waals surface area contributed by atoms with E-state index in [1.807, 2.05) is 0 Å². The van der Waals surface area contributed by atoms with E-state index in [0.29, 0.717) is 12.1 Å². The SMILES string of the molecule is CCCNC(c1ccc(C)nc1)C1CN2CCN1CC2. The molecule has 0 aromatic carbocycles. The van der Waals surface area contributed by atoms with Crippen LogP contribution in [-0.4, -0.2) is 60.1 Å². The van der Waals surface area contributed by atoms with Gasteiger partial charge in [0.25, 0.3) is 0 Å². The smallest absolute Gasteiger partial charge is 0.0506 e. The zero-order chi connectivity index (χ0) is 13.9. The van der Waals surface area contributed by atoms with E-state index in [1.165, 1.54) is 44.7 Å². The first-order valence-corrected chi connectivity index (χ1v) is 7.90. The van der Waals surface area contributed by atoms with Crippen molar-refractivity contribution < 1.29 is 0 Å². The van der Waals surface area contributed by atoms with Gasteiger partial charge in [-0.05, 0) is 31.5 Å². The minimum Gasteiger partial charge on any atom is -0.309 e. The summed E-state index contributed by atoms with van der Waals surface area (Å²) in [4.78, 5) is 9.76. The number of nitrogens with zero attached hydrogens (tertiary/aromatic N) is 3. The molecule has 4 heterocycles. The van der Waals surface area contributed by atoms with E-state index in [-0.39, 0.29) is 0 Å². The second-order valence-electron chi connectivity index (χ2n) is 6.07. The van der Waals surface area contributed by atoms with Crippen molar-refractivity contribution in [2.45, 2.75) is 32.4 Å². The van der Waals surface area contributed by atoms with Crippen molar-refractivity contribution in [2.75, 3.05) is 39.3 Å². The molecule has 4 rings (SSSR count). The van der Waals surface area contributed by atoms with Gasteiger partial charge in [-0.2, -0.15) is 0 Å². The van der Waals surface area contributed by atoms with Gasteiger partial charge in [-0.1, -0.05) is 13.0 Å². The number of pyridine rings is 1. The summed E-state index contributed by atoms with van der Waals surface area (Å²) in [6.45, 7) is 11.5. The monoisotopic (exact) mass is 274 g/mol. The molecule has 0 radical (unpaired) electrons. The summed E-state index contributed by atoms with van der Waals surface area (Å²) in [5.41, 5.74) is 2.43. The van der Waals surface area contributed by atoms with E-state index in [9.17, 15) is 0 Å². The van der Waals surface area contributed by atoms with E-state index in [4.69, 9.17) is 0 Å². The molecule has 3 aliphatic heterocycles. The van der Waals surface area contributed by atoms with Crippen LogP contribution in [0.3, 0.4) is 0 Å². The lowest BCUT2D eigenvalue weighted by molar-refractivity contribution is -0.00369. The van der Waals surface area contributed by atoms with E-state index in [0.717, 1.165) is 12.2 Å². The minimum atomic E-state index is 0.408. The molecule has 2 unspecified atom stereocenters. The molecular weight excluding hydrogens is 248 g/mol. The van der Waals surface area contributed by atoms with Crippen LogP contribution in [0.5, 0.6) is 0 Å². The summed E-state index contributed by atoms with van der Waals surface area (Å²) in [6, 6.07) is 5.38. The van der Waals surface area contributed by atoms with Crippen LogP contribution < -0.4 is 5.32 Å². The lowest BCUT2D eigenvalue weighted by Gasteiger charge is -2.50. The van der Waals surface area contributed by atoms with Crippen molar-refractivity contribution in [2.24, 2.45) is 0 Å². The molecule has 3 fully saturated rings. The van der Waals surface area contributed by atoms with Crippen molar-refractivity contribution in [1.82, 2.24) is 20.1 Å². The molecule has 20 heavy (non-hydrogen) atoms. The fourth-order valence-electron chi connectivity index (χ4n) is 3.41. The lowest BCUT2D eigenvalue weighted by atomic mass is 9.94. The average Bonchev–Trinajstić information content (AvgIpc) is 2.51. The molecule has 1 aromatic heterocycles. The number of aromatic nitrogens is 1. The average molecular weight is 274 g/mol. The number of hydrogen-bond donors (Lipinski definition) is 1. The highest BCUT2D eigenvalue weighted by Crippen LogP contribution is 2.27. The Morgan fingerprint density at radius 2 is 2.10 bits per heavy atom. The standard InChI is InChI=1S/C16H26N4/c1-3-6-17-16(14-5-4-13(2)18-11-14)15-12-19-7-9-20(15)10-8-19/h4-5,11,15-17H,3,6-10,12H2,1-2H3. The molecule has 2 bridgehead atoms. The van der Waals surface area contributed by atoms with Crippen LogP contribution in [0, 0.1) is 6.92 Å². The maximum absolute atomic E-state index is 4.49. The molecule has 4 heteroatoms. The Labute approximate surface area is 122 Å². The zero-order valence-electron chi connectivity index (χ0n) is 12.7. The van der Waals surface area contributed by atoms with Crippen LogP contribution in [0.15, 0.2) is 18.3 Å². The van der Waals surface area contributed by atoms with Gasteiger partial charge in [0, 0.05) is 50.7 Å². The Bertz CT molecular complexity index is 423. The van der Waals surface area contributed by atoms with Gasteiger partial charge in [-0.3, -0.25) is 14.8 Å². The number of fused-ring (bicyclic) bond motifs is 3. The molecule has 0 amide bonds. The molecule has 0 saturated carbocycles. The zero-order valence-corrected chi connectivity index (χ0v) is 12.7. The van der Waals surface area contributed by atoms with Gasteiger partial charge in [0.15, 0.2) is 0 Å². The molecule has 110 valence electrons. The topological polar surface area (TPSA) is 31.4 Å². The third-order valence-electron chi connectivity index (χ3n) is 4.61. The Kier molecular flexibility index (Phi) is 4.34. The summed E-state index contributed by atoms with van der Waals surface area (Å²) in [5.74, 6) is 0. The molecule has 1 aromatic rings. The molecule has 2 atom stereocenters. The minimum absolute atomic E-state index is 0.408. The summed E-state index contributed by atoms with van der Waals surface area (Å²) in [5, 5.41) is 3.75. The first-order chi connectivity index (χ1) is 9.78. The van der Waals surface area contributed by atoms with Crippen LogP contribution >= 0.6 is 0 Å². The van der Waals surface area contributed by atoms with Gasteiger partial charge in [-0.15, -0.1) is 0 Å². The highest BCUT2D eigenvalue weighted by Gasteiger charge is 2.37. The fraction of sp³-hybridized carbons (Fsp3) is 0.688. The Balaban J connectivity index is 1.80. The summed E-state index contributed by atoms with van der Waals surface area (Å²) >= 11 is 0. The highest BCUT2D eigenvalue weighted by atomic mass is 15.4. The Hall–Kier alpha value is -0.970. The predicted octanol–water partition coefficient (Wildman–Crippen LogP) is 1.43. The van der Waals surface area contributed by atoms with Gasteiger partial charge in [0.2, 0.25) is 0 Å². The van der Waals surface area contributed by atoms with E-state index >= 15 is 0 Å². The van der Waals surface area contributed by atoms with Crippen LogP contribution in [0.1, 0.15) is 30.6 Å². The largest absolute Gasteiger partial charge is 0.309 e. The Morgan fingerprint density at radius 3 is 2.65 bits per heavy atom. The summed E-state index contributed by atoms with van der Waals surface area (Å²) < 4.78 is 0. The summed E-state index contributed by atoms with van der Waals surface area (Å²) in [7, 11) is 0. The number of nitrogens with one attached hydrogen (secondary N) is 1. The first kappa shape index (κ1) is 14.0. The van der Waals surface area contributed by atoms with E-state index in [2.05, 4.69) is 52.3 Å². The van der Waals surface area contributed by atoms with Gasteiger partial charge < -0.3 is 5.32 Å². The summed E-state index contributed by atoms with van der Waals surface area (Å²) in [6.07, 6.45) is 3.23. The van der Waals surface area contributed by atoms with Crippen molar-refractivity contribution in [3.8, 4) is 0 Å². The van der Waals surface area contributed by atoms with Crippen molar-refractivity contribution in [3.05, 3.63) is 29.6 Å². The van der Waals surface area contributed by atoms with Crippen molar-refractivity contribution >= 4 is 0 Å². The second-order valence-corrected chi connectivity index (χ2v) is 6.07. The third kappa shape index (κ3) is 2.87. The number of hydrogen-bond acceptors (Lipinski definition) is 4. The molecule has 3 saturated heterocycles.